The van der Waals surface area contributed by atoms with Crippen LogP contribution >= 0.6 is 0 Å². The summed E-state index contributed by atoms with van der Waals surface area (Å²) >= 11 is 0. The molecule has 0 unspecified atom stereocenters. The Labute approximate surface area is 232 Å². The minimum absolute atomic E-state index is 1.35. The minimum Gasteiger partial charge on any atom is -0.216 e. The van der Waals surface area contributed by atoms with E-state index in [-0.39, 0.29) is 0 Å². The van der Waals surface area contributed by atoms with E-state index in [1.54, 1.807) is 0 Å². The lowest BCUT2D eigenvalue weighted by Crippen LogP contribution is -2.13. The molecule has 0 N–H and O–H groups in total. The summed E-state index contributed by atoms with van der Waals surface area (Å²) in [4.78, 5) is 9.31. The van der Waals surface area contributed by atoms with E-state index >= 15 is 0 Å². The van der Waals surface area contributed by atoms with Crippen molar-refractivity contribution in [1.29, 1.82) is 0 Å². The van der Waals surface area contributed by atoms with Crippen LogP contribution in [0, 0.1) is 0 Å². The first-order valence-electron chi connectivity index (χ1n) is 8.11. The Morgan fingerprint density at radius 2 is 0.378 bits per heavy atom. The molecule has 0 rings (SSSR count). The molecule has 0 bridgehead atoms. The molecule has 0 aromatic heterocycles. The molecule has 0 aliphatic carbocycles. The van der Waals surface area contributed by atoms with Gasteiger partial charge in [-0.1, -0.05) is 0 Å². The first-order chi connectivity index (χ1) is 20.4. The molecule has 0 aliphatic rings. The van der Waals surface area contributed by atoms with E-state index in [4.69, 9.17) is 0 Å². The second-order valence-corrected chi connectivity index (χ2v) is 3.21. The molecule has 32 heteroatoms. The van der Waals surface area contributed by atoms with E-state index in [1.807, 2.05) is 0 Å². The zero-order chi connectivity index (χ0) is 39.4. The van der Waals surface area contributed by atoms with Crippen LogP contribution in [0.15, 0.2) is 0 Å². The van der Waals surface area contributed by atoms with Crippen molar-refractivity contribution >= 4 is 0 Å². The molecule has 0 atom stereocenters. The average Bonchev–Trinajstić information content (AvgIpc) is 2.85. The highest BCUT2D eigenvalue weighted by Crippen LogP contribution is 2.15. The van der Waals surface area contributed by atoms with Gasteiger partial charge in [0.2, 0.25) is 55.3 Å². The summed E-state index contributed by atoms with van der Waals surface area (Å²) in [5.41, 5.74) is 0. The Balaban J connectivity index is -0.0000000320. The van der Waals surface area contributed by atoms with E-state index in [0.29, 0.717) is 0 Å². The summed E-state index contributed by atoms with van der Waals surface area (Å²) in [5, 5.41) is 0. The summed E-state index contributed by atoms with van der Waals surface area (Å²) in [6, 6.07) is 0. The summed E-state index contributed by atoms with van der Waals surface area (Å²) in [5.74, 6) is 0. The Kier molecular flexibility index (Phi) is 129. The Morgan fingerprint density at radius 1 is 0.289 bits per heavy atom. The van der Waals surface area contributed by atoms with Gasteiger partial charge in [0, 0.05) is 0 Å². The number of rotatable bonds is 4. The molecule has 0 heterocycles. The molecule has 0 aliphatic heterocycles. The second kappa shape index (κ2) is 78.4. The topological polar surface area (TPSA) is 36.9 Å². The van der Waals surface area contributed by atoms with Gasteiger partial charge in [0.05, 0.1) is 0 Å². The van der Waals surface area contributed by atoms with Gasteiger partial charge in [-0.2, -0.15) is 46.1 Å². The molecule has 0 spiro atoms. The van der Waals surface area contributed by atoms with Crippen molar-refractivity contribution in [3.05, 3.63) is 0 Å². The average molecular weight is 772 g/mol. The Bertz CT molecular complexity index is 302. The highest BCUT2D eigenvalue weighted by atomic mass is 19.5. The van der Waals surface area contributed by atoms with Crippen molar-refractivity contribution in [3.8, 4) is 0 Å². The van der Waals surface area contributed by atoms with Crippen LogP contribution in [0.25, 0.3) is 0 Å². The molecule has 292 valence electrons. The fraction of sp³-hybridized carbons (Fsp3) is 1.00. The first-order valence-corrected chi connectivity index (χ1v) is 8.11. The second-order valence-electron chi connectivity index (χ2n) is 3.21. The highest BCUT2D eigenvalue weighted by molar-refractivity contribution is 4.41. The van der Waals surface area contributed by atoms with Crippen molar-refractivity contribution < 1.29 is 143 Å². The predicted octanol–water partition coefficient (Wildman–Crippen LogP) is 11.3. The fourth-order valence-electron chi connectivity index (χ4n) is 0.124. The van der Waals surface area contributed by atoms with Crippen molar-refractivity contribution in [2.45, 2.75) is 18.8 Å². The molecule has 0 aromatic rings. The highest BCUT2D eigenvalue weighted by Gasteiger charge is 2.28. The normalized spacial score (nSPS) is 8.80. The molecule has 0 fully saturated rings. The molecular formula is C13H20F28O4. The van der Waals surface area contributed by atoms with Crippen LogP contribution in [0.5, 0.6) is 0 Å². The lowest BCUT2D eigenvalue weighted by atomic mass is 10.7. The number of alkyl halides is 24. The van der Waals surface area contributed by atoms with E-state index in [0.717, 1.165) is 0 Å². The maximum absolute atomic E-state index is 10.7. The minimum atomic E-state index is -5.50. The van der Waals surface area contributed by atoms with E-state index in [9.17, 15) is 123 Å². The predicted molar refractivity (Wildman–Crippen MR) is 92.2 cm³/mol. The molecule has 45 heavy (non-hydrogen) atoms. The largest absolute Gasteiger partial charge is 0.559 e. The third-order valence-corrected chi connectivity index (χ3v) is 0.519. The van der Waals surface area contributed by atoms with Gasteiger partial charge in [-0.25, -0.2) is 61.5 Å². The van der Waals surface area contributed by atoms with Crippen LogP contribution in [-0.2, 0) is 19.8 Å². The maximum atomic E-state index is 10.7. The van der Waals surface area contributed by atoms with Gasteiger partial charge in [0.1, 0.15) is 0 Å². The van der Waals surface area contributed by atoms with Gasteiger partial charge < -0.3 is 0 Å². The van der Waals surface area contributed by atoms with Gasteiger partial charge in [0.15, 0.2) is 13.2 Å². The van der Waals surface area contributed by atoms with Crippen LogP contribution < -0.4 is 0 Å². The molecule has 0 radical (unpaired) electrons. The van der Waals surface area contributed by atoms with Gasteiger partial charge in [-0.15, -0.1) is 17.6 Å². The molecule has 4 nitrogen and oxygen atoms in total. The molecule has 0 saturated heterocycles. The van der Waals surface area contributed by atoms with Crippen LogP contribution in [0.2, 0.25) is 0 Å². The van der Waals surface area contributed by atoms with Crippen molar-refractivity contribution in [1.82, 2.24) is 0 Å². The summed E-state index contributed by atoms with van der Waals surface area (Å²) in [6.07, 6.45) is -14.6. The SMILES string of the molecule is FC(F)(F)F.FCF.FCF.FCF.FCF.FCF.FCF.FCOF.FCOF.FOCC(F)(F)F.FOCC(F)(F)F. The summed E-state index contributed by atoms with van der Waals surface area (Å²) < 4.78 is 279. The van der Waals surface area contributed by atoms with Gasteiger partial charge in [-0.3, -0.25) is 0 Å². The molecular weight excluding hydrogens is 752 g/mol. The van der Waals surface area contributed by atoms with Crippen LogP contribution in [0.4, 0.5) is 123 Å². The number of hydrogen-bond acceptors (Lipinski definition) is 4. The van der Waals surface area contributed by atoms with Crippen molar-refractivity contribution in [2.24, 2.45) is 0 Å². The van der Waals surface area contributed by atoms with Crippen LogP contribution in [0.1, 0.15) is 0 Å². The van der Waals surface area contributed by atoms with E-state index < -0.39 is 87.3 Å². The zero-order valence-electron chi connectivity index (χ0n) is 20.8. The maximum Gasteiger partial charge on any atom is 0.559 e. The lowest BCUT2D eigenvalue weighted by Gasteiger charge is -1.97. The fourth-order valence-corrected chi connectivity index (χ4v) is 0.124. The van der Waals surface area contributed by atoms with E-state index in [2.05, 4.69) is 19.8 Å². The number of hydrogen-bond donors (Lipinski definition) is 0. The molecule has 0 aromatic carbocycles. The van der Waals surface area contributed by atoms with Gasteiger partial charge in [0.25, 0.3) is 0 Å². The van der Waals surface area contributed by atoms with Crippen LogP contribution in [-0.4, -0.2) is 87.3 Å². The van der Waals surface area contributed by atoms with Gasteiger partial charge in [-0.05, 0) is 18.1 Å². The lowest BCUT2D eigenvalue weighted by molar-refractivity contribution is -0.245. The zero-order valence-corrected chi connectivity index (χ0v) is 20.8. The standard InChI is InChI=1S/2C2H2F4O.CF4.2CH2F2O.6CH2F2/c2*3-2(4,5)1-7-6;2-1(3,4)5;2*2-1-4-3;6*2-1-3/h2*1H2;;2*1H2;6*1H2. The van der Waals surface area contributed by atoms with Gasteiger partial charge >= 0.3 is 18.8 Å². The number of halogens is 28. The third kappa shape index (κ3) is 1070. The van der Waals surface area contributed by atoms with Crippen molar-refractivity contribution in [2.75, 3.05) is 68.5 Å². The monoisotopic (exact) mass is 772 g/mol. The van der Waals surface area contributed by atoms with Crippen molar-refractivity contribution in [3.63, 3.8) is 0 Å². The van der Waals surface area contributed by atoms with E-state index in [1.165, 1.54) is 0 Å². The summed E-state index contributed by atoms with van der Waals surface area (Å²) in [6.45, 7) is -16.8. The smallest absolute Gasteiger partial charge is 0.216 e. The Morgan fingerprint density at radius 3 is 0.378 bits per heavy atom. The Hall–Kier alpha value is -2.12. The summed E-state index contributed by atoms with van der Waals surface area (Å²) in [7, 11) is 0. The quantitative estimate of drug-likeness (QED) is 0.267. The first kappa shape index (κ1) is 74.0. The third-order valence-electron chi connectivity index (χ3n) is 0.519. The molecule has 0 saturated carbocycles. The van der Waals surface area contributed by atoms with Crippen LogP contribution in [0.3, 0.4) is 0 Å². The molecule has 0 amide bonds.